The first-order valence-electron chi connectivity index (χ1n) is 7.78. The third kappa shape index (κ3) is 3.52. The molecule has 2 rings (SSSR count). The van der Waals surface area contributed by atoms with Gasteiger partial charge in [0.1, 0.15) is 5.76 Å². The van der Waals surface area contributed by atoms with E-state index >= 15 is 0 Å². The van der Waals surface area contributed by atoms with Gasteiger partial charge in [0.25, 0.3) is 0 Å². The number of aliphatic hydroxyl groups excluding tert-OH is 3. The molecule has 0 spiro atoms. The Hall–Kier alpha value is -1.20. The molecule has 0 amide bonds. The fourth-order valence-corrected chi connectivity index (χ4v) is 3.52. The van der Waals surface area contributed by atoms with Crippen molar-refractivity contribution >= 4 is 11.6 Å². The van der Waals surface area contributed by atoms with Crippen LogP contribution in [0.2, 0.25) is 0 Å². The second-order valence-electron chi connectivity index (χ2n) is 6.29. The van der Waals surface area contributed by atoms with E-state index in [-0.39, 0.29) is 47.6 Å². The summed E-state index contributed by atoms with van der Waals surface area (Å²) in [4.78, 5) is 24.1. The van der Waals surface area contributed by atoms with Crippen molar-refractivity contribution < 1.29 is 24.9 Å². The van der Waals surface area contributed by atoms with Crippen molar-refractivity contribution in [1.82, 2.24) is 0 Å². The van der Waals surface area contributed by atoms with Gasteiger partial charge in [-0.15, -0.1) is 0 Å². The molecular weight excluding hydrogens is 272 g/mol. The van der Waals surface area contributed by atoms with Crippen LogP contribution in [-0.4, -0.2) is 39.1 Å². The van der Waals surface area contributed by atoms with Crippen molar-refractivity contribution in [3.63, 3.8) is 0 Å². The number of aliphatic hydroxyl groups is 3. The van der Waals surface area contributed by atoms with Gasteiger partial charge in [0, 0.05) is 19.3 Å². The zero-order chi connectivity index (χ0) is 15.6. The molecule has 0 aromatic rings. The average molecular weight is 296 g/mol. The van der Waals surface area contributed by atoms with Gasteiger partial charge in [0.2, 0.25) is 0 Å². The van der Waals surface area contributed by atoms with Crippen molar-refractivity contribution in [1.29, 1.82) is 0 Å². The van der Waals surface area contributed by atoms with Crippen LogP contribution in [0, 0.1) is 11.8 Å². The van der Waals surface area contributed by atoms with E-state index in [0.29, 0.717) is 25.7 Å². The SMILES string of the molecule is CCCC(=O)C1=C(O)CC(C2CCC(O)C(O)C2)CC1=O. The fourth-order valence-electron chi connectivity index (χ4n) is 3.52. The number of allylic oxidation sites excluding steroid dienone is 2. The molecule has 4 atom stereocenters. The highest BCUT2D eigenvalue weighted by atomic mass is 16.3. The normalized spacial score (nSPS) is 34.1. The van der Waals surface area contributed by atoms with Gasteiger partial charge in [-0.2, -0.15) is 0 Å². The summed E-state index contributed by atoms with van der Waals surface area (Å²) in [5.41, 5.74) is -0.00973. The molecule has 1 fully saturated rings. The highest BCUT2D eigenvalue weighted by Gasteiger charge is 2.38. The molecule has 2 aliphatic rings. The van der Waals surface area contributed by atoms with Gasteiger partial charge in [0.05, 0.1) is 17.8 Å². The summed E-state index contributed by atoms with van der Waals surface area (Å²) in [6, 6.07) is 0. The molecule has 5 heteroatoms. The lowest BCUT2D eigenvalue weighted by atomic mass is 9.71. The van der Waals surface area contributed by atoms with Crippen molar-refractivity contribution in [2.24, 2.45) is 11.8 Å². The minimum atomic E-state index is -0.756. The molecule has 0 aliphatic heterocycles. The monoisotopic (exact) mass is 296 g/mol. The minimum Gasteiger partial charge on any atom is -0.511 e. The Kier molecular flexibility index (Phi) is 5.17. The predicted octanol–water partition coefficient (Wildman–Crippen LogP) is 1.67. The van der Waals surface area contributed by atoms with Crippen molar-refractivity contribution in [3.05, 3.63) is 11.3 Å². The third-order valence-electron chi connectivity index (χ3n) is 4.71. The Bertz CT molecular complexity index is 454. The highest BCUT2D eigenvalue weighted by molar-refractivity contribution is 6.20. The average Bonchev–Trinajstić information content (AvgIpc) is 2.41. The molecule has 4 unspecified atom stereocenters. The second kappa shape index (κ2) is 6.71. The lowest BCUT2D eigenvalue weighted by molar-refractivity contribution is -0.123. The fraction of sp³-hybridized carbons (Fsp3) is 0.750. The summed E-state index contributed by atoms with van der Waals surface area (Å²) >= 11 is 0. The molecular formula is C16H24O5. The maximum Gasteiger partial charge on any atom is 0.170 e. The van der Waals surface area contributed by atoms with Crippen molar-refractivity contribution in [3.8, 4) is 0 Å². The van der Waals surface area contributed by atoms with Crippen LogP contribution >= 0.6 is 0 Å². The van der Waals surface area contributed by atoms with Crippen molar-refractivity contribution in [2.75, 3.05) is 0 Å². The van der Waals surface area contributed by atoms with E-state index in [1.165, 1.54) is 0 Å². The quantitative estimate of drug-likeness (QED) is 0.686. The van der Waals surface area contributed by atoms with Crippen LogP contribution < -0.4 is 0 Å². The lowest BCUT2D eigenvalue weighted by Crippen LogP contribution is -2.38. The summed E-state index contributed by atoms with van der Waals surface area (Å²) in [5, 5.41) is 29.4. The Balaban J connectivity index is 2.08. The maximum atomic E-state index is 12.2. The molecule has 0 heterocycles. The standard InChI is InChI=1S/C16H24O5/c1-2-3-12(18)16-14(20)7-10(8-15(16)21)9-4-5-11(17)13(19)6-9/h9-11,13,17,19-20H,2-8H2,1H3. The Morgan fingerprint density at radius 3 is 2.43 bits per heavy atom. The molecule has 5 nitrogen and oxygen atoms in total. The van der Waals surface area contributed by atoms with Gasteiger partial charge in [-0.1, -0.05) is 6.92 Å². The topological polar surface area (TPSA) is 94.8 Å². The molecule has 0 bridgehead atoms. The number of ketones is 2. The Labute approximate surface area is 124 Å². The molecule has 0 aromatic carbocycles. The molecule has 0 radical (unpaired) electrons. The lowest BCUT2D eigenvalue weighted by Gasteiger charge is -2.36. The van der Waals surface area contributed by atoms with E-state index in [2.05, 4.69) is 0 Å². The van der Waals surface area contributed by atoms with Crippen LogP contribution in [0.1, 0.15) is 51.9 Å². The number of hydrogen-bond acceptors (Lipinski definition) is 5. The van der Waals surface area contributed by atoms with E-state index in [0.717, 1.165) is 6.42 Å². The van der Waals surface area contributed by atoms with Gasteiger partial charge in [0.15, 0.2) is 11.6 Å². The molecule has 1 saturated carbocycles. The summed E-state index contributed by atoms with van der Waals surface area (Å²) in [5.74, 6) is -0.564. The second-order valence-corrected chi connectivity index (χ2v) is 6.29. The third-order valence-corrected chi connectivity index (χ3v) is 4.71. The van der Waals surface area contributed by atoms with E-state index in [1.54, 1.807) is 0 Å². The summed E-state index contributed by atoms with van der Waals surface area (Å²) < 4.78 is 0. The van der Waals surface area contributed by atoms with Crippen LogP contribution in [-0.2, 0) is 9.59 Å². The first-order valence-corrected chi connectivity index (χ1v) is 7.78. The number of rotatable bonds is 4. The minimum absolute atomic E-state index is 0.00973. The van der Waals surface area contributed by atoms with Crippen LogP contribution in [0.5, 0.6) is 0 Å². The maximum absolute atomic E-state index is 12.2. The first kappa shape index (κ1) is 16.2. The number of Topliss-reactive ketones (excluding diaryl/α,β-unsaturated/α-hetero) is 2. The Morgan fingerprint density at radius 1 is 1.14 bits per heavy atom. The van der Waals surface area contributed by atoms with Crippen LogP contribution in [0.25, 0.3) is 0 Å². The number of carbonyl (C=O) groups is 2. The highest BCUT2D eigenvalue weighted by Crippen LogP contribution is 2.39. The molecule has 3 N–H and O–H groups in total. The molecule has 0 aromatic heterocycles. The van der Waals surface area contributed by atoms with Crippen LogP contribution in [0.3, 0.4) is 0 Å². The smallest absolute Gasteiger partial charge is 0.170 e. The first-order chi connectivity index (χ1) is 9.93. The van der Waals surface area contributed by atoms with E-state index < -0.39 is 12.2 Å². The van der Waals surface area contributed by atoms with Crippen LogP contribution in [0.4, 0.5) is 0 Å². The summed E-state index contributed by atoms with van der Waals surface area (Å²) in [6.07, 6.45) is 1.77. The summed E-state index contributed by atoms with van der Waals surface area (Å²) in [7, 11) is 0. The summed E-state index contributed by atoms with van der Waals surface area (Å²) in [6.45, 7) is 1.86. The van der Waals surface area contributed by atoms with Crippen LogP contribution in [0.15, 0.2) is 11.3 Å². The number of hydrogen-bond donors (Lipinski definition) is 3. The zero-order valence-corrected chi connectivity index (χ0v) is 12.4. The predicted molar refractivity (Wildman–Crippen MR) is 76.7 cm³/mol. The van der Waals surface area contributed by atoms with E-state index in [4.69, 9.17) is 0 Å². The van der Waals surface area contributed by atoms with E-state index in [9.17, 15) is 24.9 Å². The molecule has 21 heavy (non-hydrogen) atoms. The van der Waals surface area contributed by atoms with Gasteiger partial charge in [-0.3, -0.25) is 9.59 Å². The largest absolute Gasteiger partial charge is 0.511 e. The van der Waals surface area contributed by atoms with Crippen molar-refractivity contribution in [2.45, 2.75) is 64.1 Å². The zero-order valence-electron chi connectivity index (χ0n) is 12.4. The number of carbonyl (C=O) groups excluding carboxylic acids is 2. The van der Waals surface area contributed by atoms with Gasteiger partial charge in [-0.25, -0.2) is 0 Å². The van der Waals surface area contributed by atoms with E-state index in [1.807, 2.05) is 6.92 Å². The molecule has 0 saturated heterocycles. The molecule has 2 aliphatic carbocycles. The van der Waals surface area contributed by atoms with Gasteiger partial charge >= 0.3 is 0 Å². The van der Waals surface area contributed by atoms with Gasteiger partial charge < -0.3 is 15.3 Å². The molecule has 118 valence electrons. The van der Waals surface area contributed by atoms with Gasteiger partial charge in [-0.05, 0) is 37.5 Å². The Morgan fingerprint density at radius 2 is 1.86 bits per heavy atom.